The highest BCUT2D eigenvalue weighted by atomic mass is 16.5. The van der Waals surface area contributed by atoms with Crippen LogP contribution in [0.15, 0.2) is 54.7 Å². The van der Waals surface area contributed by atoms with E-state index in [1.807, 2.05) is 24.3 Å². The zero-order valence-electron chi connectivity index (χ0n) is 18.3. The quantitative estimate of drug-likeness (QED) is 0.708. The second-order valence-electron chi connectivity index (χ2n) is 9.04. The molecule has 5 rings (SSSR count). The lowest BCUT2D eigenvalue weighted by Gasteiger charge is -2.40. The number of carbonyl (C=O) groups excluding carboxylic acids is 2. The minimum Gasteiger partial charge on any atom is -0.376 e. The molecule has 0 unspecified atom stereocenters. The van der Waals surface area contributed by atoms with Crippen molar-refractivity contribution in [2.45, 2.75) is 43.9 Å². The Hall–Kier alpha value is -2.77. The van der Waals surface area contributed by atoms with Gasteiger partial charge in [-0.1, -0.05) is 36.4 Å². The van der Waals surface area contributed by atoms with E-state index in [0.717, 1.165) is 45.3 Å². The fourth-order valence-electron chi connectivity index (χ4n) is 5.37. The maximum atomic E-state index is 13.8. The third-order valence-electron chi connectivity index (χ3n) is 7.06. The first-order chi connectivity index (χ1) is 15.7. The Bertz CT molecular complexity index is 940. The zero-order valence-corrected chi connectivity index (χ0v) is 18.3. The van der Waals surface area contributed by atoms with Crippen LogP contribution in [0.4, 0.5) is 4.79 Å². The van der Waals surface area contributed by atoms with Gasteiger partial charge in [0, 0.05) is 19.3 Å². The molecule has 3 aliphatic rings. The van der Waals surface area contributed by atoms with E-state index < -0.39 is 5.54 Å². The number of carbonyl (C=O) groups is 2. The zero-order chi connectivity index (χ0) is 22.0. The molecule has 1 N–H and O–H groups in total. The number of hydrogen-bond donors (Lipinski definition) is 1. The average molecular weight is 435 g/mol. The summed E-state index contributed by atoms with van der Waals surface area (Å²) in [6.45, 7) is 3.66. The van der Waals surface area contributed by atoms with Crippen LogP contribution in [0.1, 0.15) is 36.9 Å². The Morgan fingerprint density at radius 2 is 1.81 bits per heavy atom. The highest BCUT2D eigenvalue weighted by Gasteiger charge is 2.58. The number of likely N-dealkylation sites (tertiary alicyclic amines) is 1. The molecule has 1 aromatic heterocycles. The van der Waals surface area contributed by atoms with Crippen molar-refractivity contribution in [3.63, 3.8) is 0 Å². The van der Waals surface area contributed by atoms with Gasteiger partial charge in [-0.2, -0.15) is 0 Å². The van der Waals surface area contributed by atoms with E-state index in [2.05, 4.69) is 39.5 Å². The third kappa shape index (κ3) is 3.91. The number of aromatic nitrogens is 1. The highest BCUT2D eigenvalue weighted by molar-refractivity contribution is 6.07. The number of ether oxygens (including phenoxy) is 1. The molecule has 3 amide bonds. The molecular formula is C25H30N4O3. The Morgan fingerprint density at radius 3 is 2.50 bits per heavy atom. The SMILES string of the molecule is O=C1N[C@@](c2ccccn2)(C2CCN(Cc3ccccc3)CC2)C(=O)N1C[C@H]1CCCO1. The van der Waals surface area contributed by atoms with Gasteiger partial charge in [0.25, 0.3) is 5.91 Å². The van der Waals surface area contributed by atoms with Gasteiger partial charge in [0.1, 0.15) is 0 Å². The smallest absolute Gasteiger partial charge is 0.325 e. The molecule has 1 aromatic carbocycles. The van der Waals surface area contributed by atoms with Crippen LogP contribution in [0.3, 0.4) is 0 Å². The molecule has 2 aromatic rings. The van der Waals surface area contributed by atoms with E-state index >= 15 is 0 Å². The first kappa shape index (κ1) is 21.1. The number of amides is 3. The number of hydrogen-bond acceptors (Lipinski definition) is 5. The number of benzene rings is 1. The molecule has 7 nitrogen and oxygen atoms in total. The largest absolute Gasteiger partial charge is 0.376 e. The van der Waals surface area contributed by atoms with Crippen molar-refractivity contribution < 1.29 is 14.3 Å². The lowest BCUT2D eigenvalue weighted by molar-refractivity contribution is -0.135. The Morgan fingerprint density at radius 1 is 1.03 bits per heavy atom. The molecule has 3 aliphatic heterocycles. The summed E-state index contributed by atoms with van der Waals surface area (Å²) in [4.78, 5) is 35.2. The van der Waals surface area contributed by atoms with Gasteiger partial charge in [-0.15, -0.1) is 0 Å². The molecule has 0 bridgehead atoms. The third-order valence-corrected chi connectivity index (χ3v) is 7.06. The summed E-state index contributed by atoms with van der Waals surface area (Å²) < 4.78 is 5.71. The van der Waals surface area contributed by atoms with Gasteiger partial charge in [-0.05, 0) is 62.4 Å². The molecule has 0 spiro atoms. The number of rotatable bonds is 6. The van der Waals surface area contributed by atoms with Gasteiger partial charge in [-0.3, -0.25) is 19.6 Å². The first-order valence-electron chi connectivity index (χ1n) is 11.6. The number of imide groups is 1. The van der Waals surface area contributed by atoms with Crippen molar-refractivity contribution in [1.82, 2.24) is 20.1 Å². The predicted octanol–water partition coefficient (Wildman–Crippen LogP) is 2.92. The predicted molar refractivity (Wildman–Crippen MR) is 120 cm³/mol. The standard InChI is InChI=1S/C25H30N4O3/c30-23-25(22-10-4-5-13-26-22,27-24(31)29(23)18-21-9-6-16-32-21)20-11-14-28(15-12-20)17-19-7-2-1-3-8-19/h1-5,7-8,10,13,20-21H,6,9,11-12,14-18H2,(H,27,31)/t21-,25-/m1/s1. The maximum Gasteiger partial charge on any atom is 0.325 e. The summed E-state index contributed by atoms with van der Waals surface area (Å²) in [5, 5.41) is 3.09. The van der Waals surface area contributed by atoms with Crippen LogP contribution in [0, 0.1) is 5.92 Å². The number of piperidine rings is 1. The summed E-state index contributed by atoms with van der Waals surface area (Å²) in [5.74, 6) is -0.187. The molecule has 3 saturated heterocycles. The molecule has 0 saturated carbocycles. The van der Waals surface area contributed by atoms with Crippen LogP contribution < -0.4 is 5.32 Å². The topological polar surface area (TPSA) is 74.8 Å². The molecule has 0 radical (unpaired) electrons. The molecule has 0 aliphatic carbocycles. The van der Waals surface area contributed by atoms with E-state index in [0.29, 0.717) is 18.8 Å². The van der Waals surface area contributed by atoms with Crippen molar-refractivity contribution >= 4 is 11.9 Å². The summed E-state index contributed by atoms with van der Waals surface area (Å²) in [6, 6.07) is 15.7. The Kier molecular flexibility index (Phi) is 5.93. The van der Waals surface area contributed by atoms with Gasteiger partial charge in [0.15, 0.2) is 5.54 Å². The minimum atomic E-state index is -1.10. The minimum absolute atomic E-state index is 0.00429. The normalized spacial score (nSPS) is 27.1. The van der Waals surface area contributed by atoms with Crippen LogP contribution in [-0.2, 0) is 21.6 Å². The Labute approximate surface area is 188 Å². The van der Waals surface area contributed by atoms with E-state index in [9.17, 15) is 9.59 Å². The highest BCUT2D eigenvalue weighted by Crippen LogP contribution is 2.41. The molecule has 2 atom stereocenters. The first-order valence-corrected chi connectivity index (χ1v) is 11.6. The average Bonchev–Trinajstić information content (AvgIpc) is 3.44. The van der Waals surface area contributed by atoms with Gasteiger partial charge >= 0.3 is 6.03 Å². The van der Waals surface area contributed by atoms with Crippen molar-refractivity contribution in [2.75, 3.05) is 26.2 Å². The fourth-order valence-corrected chi connectivity index (χ4v) is 5.37. The fraction of sp³-hybridized carbons (Fsp3) is 0.480. The van der Waals surface area contributed by atoms with Crippen molar-refractivity contribution in [3.8, 4) is 0 Å². The van der Waals surface area contributed by atoms with Crippen LogP contribution in [0.5, 0.6) is 0 Å². The Balaban J connectivity index is 1.36. The summed E-state index contributed by atoms with van der Waals surface area (Å²) >= 11 is 0. The van der Waals surface area contributed by atoms with Crippen molar-refractivity contribution in [1.29, 1.82) is 0 Å². The number of pyridine rings is 1. The summed E-state index contributed by atoms with van der Waals surface area (Å²) in [6.07, 6.45) is 5.12. The van der Waals surface area contributed by atoms with Gasteiger partial charge in [0.05, 0.1) is 18.3 Å². The van der Waals surface area contributed by atoms with E-state index in [1.54, 1.807) is 6.20 Å². The second kappa shape index (κ2) is 9.00. The van der Waals surface area contributed by atoms with E-state index in [4.69, 9.17) is 4.74 Å². The van der Waals surface area contributed by atoms with Crippen LogP contribution >= 0.6 is 0 Å². The van der Waals surface area contributed by atoms with Crippen LogP contribution in [-0.4, -0.2) is 59.1 Å². The molecular weight excluding hydrogens is 404 g/mol. The van der Waals surface area contributed by atoms with E-state index in [-0.39, 0.29) is 24.0 Å². The molecule has 3 fully saturated rings. The molecule has 32 heavy (non-hydrogen) atoms. The maximum absolute atomic E-state index is 13.8. The lowest BCUT2D eigenvalue weighted by atomic mass is 9.75. The van der Waals surface area contributed by atoms with Crippen LogP contribution in [0.25, 0.3) is 0 Å². The molecule has 168 valence electrons. The summed E-state index contributed by atoms with van der Waals surface area (Å²) in [7, 11) is 0. The number of nitrogens with zero attached hydrogens (tertiary/aromatic N) is 3. The van der Waals surface area contributed by atoms with Crippen LogP contribution in [0.2, 0.25) is 0 Å². The van der Waals surface area contributed by atoms with Gasteiger partial charge in [-0.25, -0.2) is 4.79 Å². The van der Waals surface area contributed by atoms with Crippen molar-refractivity contribution in [2.24, 2.45) is 5.92 Å². The van der Waals surface area contributed by atoms with Gasteiger partial charge in [0.2, 0.25) is 0 Å². The number of nitrogens with one attached hydrogen (secondary N) is 1. The monoisotopic (exact) mass is 434 g/mol. The second-order valence-corrected chi connectivity index (χ2v) is 9.04. The number of urea groups is 1. The summed E-state index contributed by atoms with van der Waals surface area (Å²) in [5.41, 5.74) is 0.823. The van der Waals surface area contributed by atoms with E-state index in [1.165, 1.54) is 10.5 Å². The van der Waals surface area contributed by atoms with Gasteiger partial charge < -0.3 is 10.1 Å². The van der Waals surface area contributed by atoms with Crippen molar-refractivity contribution in [3.05, 3.63) is 66.0 Å². The lowest BCUT2D eigenvalue weighted by Crippen LogP contribution is -2.54. The molecule has 7 heteroatoms. The molecule has 4 heterocycles.